The molecule has 1 amide bonds. The molecule has 0 fully saturated rings. The fourth-order valence-electron chi connectivity index (χ4n) is 2.81. The molecule has 0 saturated carbocycles. The first-order chi connectivity index (χ1) is 13.0. The van der Waals surface area contributed by atoms with Crippen molar-refractivity contribution in [3.05, 3.63) is 69.0 Å². The minimum atomic E-state index is -0.594. The number of hydrogen-bond acceptors (Lipinski definition) is 6. The number of fused-ring (bicyclic) bond motifs is 1. The average Bonchev–Trinajstić information content (AvgIpc) is 2.97. The van der Waals surface area contributed by atoms with E-state index in [-0.39, 0.29) is 23.6 Å². The van der Waals surface area contributed by atoms with Crippen molar-refractivity contribution in [1.82, 2.24) is 14.5 Å². The van der Waals surface area contributed by atoms with Crippen molar-refractivity contribution in [2.24, 2.45) is 0 Å². The number of nitrogens with zero attached hydrogens (tertiary/aromatic N) is 4. The molecule has 2 heterocycles. The molecule has 140 valence electrons. The predicted molar refractivity (Wildman–Crippen MR) is 97.1 cm³/mol. The fraction of sp³-hybridized carbons (Fsp3) is 0.278. The zero-order chi connectivity index (χ0) is 19.4. The first-order valence-corrected chi connectivity index (χ1v) is 8.36. The summed E-state index contributed by atoms with van der Waals surface area (Å²) >= 11 is 0. The Balaban J connectivity index is 1.61. The molecule has 3 rings (SSSR count). The molecular weight excluding hydrogens is 352 g/mol. The van der Waals surface area contributed by atoms with E-state index in [1.54, 1.807) is 24.3 Å². The molecule has 0 spiro atoms. The van der Waals surface area contributed by atoms with Gasteiger partial charge in [-0.1, -0.05) is 0 Å². The van der Waals surface area contributed by atoms with Crippen molar-refractivity contribution in [3.8, 4) is 0 Å². The van der Waals surface area contributed by atoms with E-state index in [4.69, 9.17) is 4.42 Å². The van der Waals surface area contributed by atoms with Crippen molar-refractivity contribution in [2.45, 2.75) is 25.9 Å². The second kappa shape index (κ2) is 7.81. The molecule has 27 heavy (non-hydrogen) atoms. The zero-order valence-electron chi connectivity index (χ0n) is 14.7. The highest BCUT2D eigenvalue weighted by atomic mass is 16.6. The number of oxazole rings is 1. The lowest BCUT2D eigenvalue weighted by atomic mass is 10.2. The summed E-state index contributed by atoms with van der Waals surface area (Å²) in [6.45, 7) is 0.776. The molecule has 3 aromatic rings. The molecule has 0 atom stereocenters. The van der Waals surface area contributed by atoms with Crippen LogP contribution in [-0.2, 0) is 17.9 Å². The number of aromatic nitrogens is 2. The van der Waals surface area contributed by atoms with Crippen LogP contribution in [-0.4, -0.2) is 32.3 Å². The van der Waals surface area contributed by atoms with Crippen LogP contribution in [0.1, 0.15) is 18.4 Å². The van der Waals surface area contributed by atoms with Gasteiger partial charge in [-0.05, 0) is 30.2 Å². The van der Waals surface area contributed by atoms with Gasteiger partial charge >= 0.3 is 5.76 Å². The zero-order valence-corrected chi connectivity index (χ0v) is 14.7. The van der Waals surface area contributed by atoms with Crippen LogP contribution in [0.5, 0.6) is 0 Å². The Labute approximate surface area is 154 Å². The number of pyridine rings is 1. The first kappa shape index (κ1) is 18.3. The smallest absolute Gasteiger partial charge is 0.407 e. The minimum absolute atomic E-state index is 0.0386. The Hall–Kier alpha value is -3.49. The average molecular weight is 370 g/mol. The van der Waals surface area contributed by atoms with Gasteiger partial charge in [0.2, 0.25) is 5.91 Å². The number of carbonyl (C=O) groups is 1. The summed E-state index contributed by atoms with van der Waals surface area (Å²) < 4.78 is 6.46. The van der Waals surface area contributed by atoms with Crippen molar-refractivity contribution in [2.75, 3.05) is 7.05 Å². The maximum atomic E-state index is 12.3. The Morgan fingerprint density at radius 3 is 2.74 bits per heavy atom. The third kappa shape index (κ3) is 4.20. The molecule has 1 aromatic carbocycles. The number of hydrogen-bond donors (Lipinski definition) is 0. The van der Waals surface area contributed by atoms with Gasteiger partial charge in [-0.3, -0.25) is 24.5 Å². The molecule has 0 aliphatic carbocycles. The number of rotatable bonds is 7. The Morgan fingerprint density at radius 1 is 1.30 bits per heavy atom. The van der Waals surface area contributed by atoms with Gasteiger partial charge in [-0.25, -0.2) is 4.79 Å². The van der Waals surface area contributed by atoms with E-state index < -0.39 is 10.7 Å². The summed E-state index contributed by atoms with van der Waals surface area (Å²) in [6, 6.07) is 7.72. The summed E-state index contributed by atoms with van der Waals surface area (Å²) in [5.74, 6) is -0.633. The standard InChI is InChI=1S/C18H18N4O5/c1-20(12-13-6-8-19-9-7-13)17(23)3-2-10-21-15-5-4-14(22(25)26)11-16(15)27-18(21)24/h4-9,11H,2-3,10,12H2,1H3. The number of aryl methyl sites for hydroxylation is 1. The molecule has 0 unspecified atom stereocenters. The van der Waals surface area contributed by atoms with Crippen LogP contribution in [0.25, 0.3) is 11.1 Å². The van der Waals surface area contributed by atoms with Crippen molar-refractivity contribution in [3.63, 3.8) is 0 Å². The van der Waals surface area contributed by atoms with Gasteiger partial charge in [0.05, 0.1) is 16.5 Å². The van der Waals surface area contributed by atoms with Gasteiger partial charge < -0.3 is 9.32 Å². The highest BCUT2D eigenvalue weighted by Crippen LogP contribution is 2.20. The van der Waals surface area contributed by atoms with Crippen LogP contribution >= 0.6 is 0 Å². The number of nitro groups is 1. The van der Waals surface area contributed by atoms with Gasteiger partial charge in [-0.15, -0.1) is 0 Å². The third-order valence-corrected chi connectivity index (χ3v) is 4.23. The van der Waals surface area contributed by atoms with E-state index >= 15 is 0 Å². The molecule has 9 heteroatoms. The second-order valence-electron chi connectivity index (χ2n) is 6.14. The van der Waals surface area contributed by atoms with Gasteiger partial charge in [0.15, 0.2) is 5.58 Å². The molecule has 0 radical (unpaired) electrons. The summed E-state index contributed by atoms with van der Waals surface area (Å²) in [4.78, 5) is 40.1. The molecule has 0 N–H and O–H groups in total. The van der Waals surface area contributed by atoms with Crippen LogP contribution < -0.4 is 5.76 Å². The molecule has 0 aliphatic rings. The van der Waals surface area contributed by atoms with E-state index in [9.17, 15) is 19.7 Å². The van der Waals surface area contributed by atoms with Gasteiger partial charge in [0, 0.05) is 45.0 Å². The largest absolute Gasteiger partial charge is 0.419 e. The lowest BCUT2D eigenvalue weighted by Gasteiger charge is -2.17. The van der Waals surface area contributed by atoms with Crippen LogP contribution in [0.2, 0.25) is 0 Å². The number of amides is 1. The topological polar surface area (TPSA) is 111 Å². The summed E-state index contributed by atoms with van der Waals surface area (Å²) in [5.41, 5.74) is 1.48. The minimum Gasteiger partial charge on any atom is -0.407 e. The maximum absolute atomic E-state index is 12.3. The normalized spacial score (nSPS) is 10.9. The fourth-order valence-corrected chi connectivity index (χ4v) is 2.81. The first-order valence-electron chi connectivity index (χ1n) is 8.36. The Morgan fingerprint density at radius 2 is 2.04 bits per heavy atom. The monoisotopic (exact) mass is 370 g/mol. The van der Waals surface area contributed by atoms with Gasteiger partial charge in [0.25, 0.3) is 5.69 Å². The van der Waals surface area contributed by atoms with E-state index in [0.29, 0.717) is 25.0 Å². The summed E-state index contributed by atoms with van der Waals surface area (Å²) in [7, 11) is 1.72. The van der Waals surface area contributed by atoms with E-state index in [0.717, 1.165) is 5.56 Å². The third-order valence-electron chi connectivity index (χ3n) is 4.23. The predicted octanol–water partition coefficient (Wildman–Crippen LogP) is 2.34. The molecule has 0 saturated heterocycles. The van der Waals surface area contributed by atoms with Gasteiger partial charge in [-0.2, -0.15) is 0 Å². The van der Waals surface area contributed by atoms with Gasteiger partial charge in [0.1, 0.15) is 0 Å². The van der Waals surface area contributed by atoms with E-state index in [2.05, 4.69) is 4.98 Å². The van der Waals surface area contributed by atoms with Crippen molar-refractivity contribution in [1.29, 1.82) is 0 Å². The number of non-ortho nitro benzene ring substituents is 1. The van der Waals surface area contributed by atoms with Crippen LogP contribution in [0.4, 0.5) is 5.69 Å². The molecule has 0 bridgehead atoms. The van der Waals surface area contributed by atoms with Crippen molar-refractivity contribution < 1.29 is 14.1 Å². The number of benzene rings is 1. The van der Waals surface area contributed by atoms with E-state index in [1.807, 2.05) is 12.1 Å². The quantitative estimate of drug-likeness (QED) is 0.466. The van der Waals surface area contributed by atoms with E-state index in [1.165, 1.54) is 22.8 Å². The lowest BCUT2D eigenvalue weighted by Crippen LogP contribution is -2.26. The number of nitro benzene ring substituents is 1. The molecule has 0 aliphatic heterocycles. The second-order valence-corrected chi connectivity index (χ2v) is 6.14. The van der Waals surface area contributed by atoms with Crippen molar-refractivity contribution >= 4 is 22.7 Å². The maximum Gasteiger partial charge on any atom is 0.419 e. The van der Waals surface area contributed by atoms with Crippen LogP contribution in [0.15, 0.2) is 51.9 Å². The SMILES string of the molecule is CN(Cc1ccncc1)C(=O)CCCn1c(=O)oc2cc([N+](=O)[O-])ccc21. The highest BCUT2D eigenvalue weighted by molar-refractivity contribution is 5.76. The van der Waals surface area contributed by atoms with Crippen LogP contribution in [0.3, 0.4) is 0 Å². The summed E-state index contributed by atoms with van der Waals surface area (Å²) in [6.07, 6.45) is 4.07. The molecular formula is C18H18N4O5. The Kier molecular flexibility index (Phi) is 5.30. The number of carbonyl (C=O) groups excluding carboxylic acids is 1. The van der Waals surface area contributed by atoms with Crippen LogP contribution in [0, 0.1) is 10.1 Å². The summed E-state index contributed by atoms with van der Waals surface area (Å²) in [5, 5.41) is 10.8. The highest BCUT2D eigenvalue weighted by Gasteiger charge is 2.15. The Bertz CT molecular complexity index is 1030. The molecule has 2 aromatic heterocycles. The lowest BCUT2D eigenvalue weighted by molar-refractivity contribution is -0.384. The molecule has 9 nitrogen and oxygen atoms in total.